The Morgan fingerprint density at radius 1 is 1.15 bits per heavy atom. The van der Waals surface area contributed by atoms with E-state index in [0.29, 0.717) is 15.4 Å². The largest absolute Gasteiger partial charge is 0.462 e. The standard InChI is InChI=1S/C19H21NO5S2/c1-3-24-18(22)15-12-6-4-5-7-13(12)27-17(15)20-14(21)10-25-19(23)16-11(2)8-9-26-16/h8-9H,3-7,10H2,1-2H3,(H,20,21). The van der Waals surface area contributed by atoms with Crippen LogP contribution in [0.25, 0.3) is 0 Å². The summed E-state index contributed by atoms with van der Waals surface area (Å²) >= 11 is 2.69. The van der Waals surface area contributed by atoms with Gasteiger partial charge in [-0.3, -0.25) is 4.79 Å². The molecule has 0 aromatic carbocycles. The minimum absolute atomic E-state index is 0.272. The molecule has 1 aliphatic rings. The second-order valence-corrected chi connectivity index (χ2v) is 8.21. The van der Waals surface area contributed by atoms with E-state index in [1.54, 1.807) is 12.3 Å². The van der Waals surface area contributed by atoms with Gasteiger partial charge in [0.1, 0.15) is 9.88 Å². The summed E-state index contributed by atoms with van der Waals surface area (Å²) in [7, 11) is 0. The summed E-state index contributed by atoms with van der Waals surface area (Å²) < 4.78 is 10.3. The SMILES string of the molecule is CCOC(=O)c1c(NC(=O)COC(=O)c2sccc2C)sc2c1CCCC2. The van der Waals surface area contributed by atoms with Crippen LogP contribution in [0.15, 0.2) is 11.4 Å². The number of aryl methyl sites for hydroxylation is 2. The van der Waals surface area contributed by atoms with Crippen molar-refractivity contribution >= 4 is 45.5 Å². The maximum Gasteiger partial charge on any atom is 0.349 e. The molecule has 27 heavy (non-hydrogen) atoms. The van der Waals surface area contributed by atoms with Crippen molar-refractivity contribution in [2.75, 3.05) is 18.5 Å². The van der Waals surface area contributed by atoms with Crippen LogP contribution in [0.4, 0.5) is 5.00 Å². The number of rotatable bonds is 6. The molecule has 144 valence electrons. The Labute approximate surface area is 165 Å². The number of thiophene rings is 2. The summed E-state index contributed by atoms with van der Waals surface area (Å²) in [4.78, 5) is 38.3. The number of nitrogens with one attached hydrogen (secondary N) is 1. The molecule has 0 saturated heterocycles. The fraction of sp³-hybridized carbons (Fsp3) is 0.421. The Hall–Kier alpha value is -2.19. The summed E-state index contributed by atoms with van der Waals surface area (Å²) in [5, 5.41) is 5.01. The lowest BCUT2D eigenvalue weighted by atomic mass is 9.95. The molecule has 0 unspecified atom stereocenters. The van der Waals surface area contributed by atoms with Crippen molar-refractivity contribution in [3.05, 3.63) is 37.9 Å². The number of amides is 1. The van der Waals surface area contributed by atoms with E-state index >= 15 is 0 Å². The molecule has 3 rings (SSSR count). The third-order valence-corrected chi connectivity index (χ3v) is 6.49. The van der Waals surface area contributed by atoms with Gasteiger partial charge in [0, 0.05) is 4.88 Å². The molecule has 2 aromatic rings. The quantitative estimate of drug-likeness (QED) is 0.733. The summed E-state index contributed by atoms with van der Waals surface area (Å²) in [6, 6.07) is 1.82. The van der Waals surface area contributed by atoms with Gasteiger partial charge in [0.2, 0.25) is 0 Å². The van der Waals surface area contributed by atoms with Crippen molar-refractivity contribution in [2.24, 2.45) is 0 Å². The Morgan fingerprint density at radius 3 is 2.63 bits per heavy atom. The number of anilines is 1. The van der Waals surface area contributed by atoms with Gasteiger partial charge in [-0.15, -0.1) is 22.7 Å². The molecule has 1 N–H and O–H groups in total. The molecule has 0 saturated carbocycles. The topological polar surface area (TPSA) is 81.7 Å². The van der Waals surface area contributed by atoms with E-state index in [1.807, 2.05) is 13.0 Å². The van der Waals surface area contributed by atoms with Crippen molar-refractivity contribution in [1.82, 2.24) is 0 Å². The zero-order valence-electron chi connectivity index (χ0n) is 15.3. The third-order valence-electron chi connectivity index (χ3n) is 4.29. The highest BCUT2D eigenvalue weighted by atomic mass is 32.1. The molecule has 1 amide bonds. The second kappa shape index (κ2) is 8.67. The lowest BCUT2D eigenvalue weighted by Crippen LogP contribution is -2.22. The normalized spacial score (nSPS) is 13.0. The highest BCUT2D eigenvalue weighted by molar-refractivity contribution is 7.17. The van der Waals surface area contributed by atoms with E-state index < -0.39 is 24.5 Å². The first kappa shape index (κ1) is 19.6. The van der Waals surface area contributed by atoms with E-state index in [1.165, 1.54) is 22.7 Å². The molecular formula is C19H21NO5S2. The summed E-state index contributed by atoms with van der Waals surface area (Å²) in [6.45, 7) is 3.44. The van der Waals surface area contributed by atoms with E-state index in [0.717, 1.165) is 41.7 Å². The van der Waals surface area contributed by atoms with Crippen LogP contribution in [-0.4, -0.2) is 31.1 Å². The van der Waals surface area contributed by atoms with Crippen molar-refractivity contribution in [1.29, 1.82) is 0 Å². The predicted molar refractivity (Wildman–Crippen MR) is 105 cm³/mol. The van der Waals surface area contributed by atoms with Crippen molar-refractivity contribution in [3.63, 3.8) is 0 Å². The van der Waals surface area contributed by atoms with E-state index in [2.05, 4.69) is 5.32 Å². The van der Waals surface area contributed by atoms with Crippen LogP contribution in [0.2, 0.25) is 0 Å². The molecular weight excluding hydrogens is 386 g/mol. The van der Waals surface area contributed by atoms with Crippen LogP contribution in [0, 0.1) is 6.92 Å². The molecule has 2 aromatic heterocycles. The van der Waals surface area contributed by atoms with Gasteiger partial charge in [0.15, 0.2) is 6.61 Å². The van der Waals surface area contributed by atoms with Crippen LogP contribution >= 0.6 is 22.7 Å². The molecule has 0 aliphatic heterocycles. The molecule has 1 aliphatic carbocycles. The summed E-state index contributed by atoms with van der Waals surface area (Å²) in [5.74, 6) is -1.41. The van der Waals surface area contributed by atoms with Crippen LogP contribution in [0.3, 0.4) is 0 Å². The molecule has 6 nitrogen and oxygen atoms in total. The Balaban J connectivity index is 1.70. The maximum atomic E-state index is 12.4. The van der Waals surface area contributed by atoms with Crippen LogP contribution < -0.4 is 5.32 Å². The highest BCUT2D eigenvalue weighted by Crippen LogP contribution is 2.38. The van der Waals surface area contributed by atoms with Crippen molar-refractivity contribution < 1.29 is 23.9 Å². The number of fused-ring (bicyclic) bond motifs is 1. The van der Waals surface area contributed by atoms with Gasteiger partial charge in [-0.2, -0.15) is 0 Å². The van der Waals surface area contributed by atoms with Gasteiger partial charge in [-0.05, 0) is 62.1 Å². The molecule has 0 atom stereocenters. The lowest BCUT2D eigenvalue weighted by Gasteiger charge is -2.12. The fourth-order valence-corrected chi connectivity index (χ4v) is 5.13. The number of carbonyl (C=O) groups is 3. The third kappa shape index (κ3) is 4.39. The number of hydrogen-bond acceptors (Lipinski definition) is 7. The number of ether oxygens (including phenoxy) is 2. The van der Waals surface area contributed by atoms with E-state index in [-0.39, 0.29) is 6.61 Å². The van der Waals surface area contributed by atoms with E-state index in [4.69, 9.17) is 9.47 Å². The Bertz CT molecular complexity index is 868. The Morgan fingerprint density at radius 2 is 1.93 bits per heavy atom. The van der Waals surface area contributed by atoms with Crippen LogP contribution in [0.5, 0.6) is 0 Å². The second-order valence-electron chi connectivity index (χ2n) is 6.19. The molecule has 0 fully saturated rings. The summed E-state index contributed by atoms with van der Waals surface area (Å²) in [5.41, 5.74) is 2.25. The highest BCUT2D eigenvalue weighted by Gasteiger charge is 2.27. The van der Waals surface area contributed by atoms with Crippen molar-refractivity contribution in [3.8, 4) is 0 Å². The number of esters is 2. The predicted octanol–water partition coefficient (Wildman–Crippen LogP) is 3.97. The van der Waals surface area contributed by atoms with Gasteiger partial charge >= 0.3 is 11.9 Å². The van der Waals surface area contributed by atoms with Gasteiger partial charge in [0.05, 0.1) is 12.2 Å². The summed E-state index contributed by atoms with van der Waals surface area (Å²) in [6.07, 6.45) is 3.79. The van der Waals surface area contributed by atoms with Crippen molar-refractivity contribution in [2.45, 2.75) is 39.5 Å². The minimum atomic E-state index is -0.520. The van der Waals surface area contributed by atoms with Gasteiger partial charge in [-0.25, -0.2) is 9.59 Å². The van der Waals surface area contributed by atoms with E-state index in [9.17, 15) is 14.4 Å². The monoisotopic (exact) mass is 407 g/mol. The maximum absolute atomic E-state index is 12.4. The first-order valence-electron chi connectivity index (χ1n) is 8.84. The molecule has 8 heteroatoms. The first-order valence-corrected chi connectivity index (χ1v) is 10.5. The smallest absolute Gasteiger partial charge is 0.349 e. The fourth-order valence-electron chi connectivity index (χ4n) is 3.01. The molecule has 0 radical (unpaired) electrons. The van der Waals surface area contributed by atoms with Gasteiger partial charge < -0.3 is 14.8 Å². The zero-order valence-corrected chi connectivity index (χ0v) is 16.9. The lowest BCUT2D eigenvalue weighted by molar-refractivity contribution is -0.119. The Kier molecular flexibility index (Phi) is 6.28. The average molecular weight is 408 g/mol. The number of hydrogen-bond donors (Lipinski definition) is 1. The minimum Gasteiger partial charge on any atom is -0.462 e. The zero-order chi connectivity index (χ0) is 19.4. The van der Waals surface area contributed by atoms with Gasteiger partial charge in [0.25, 0.3) is 5.91 Å². The average Bonchev–Trinajstić information content (AvgIpc) is 3.22. The first-order chi connectivity index (χ1) is 13.0. The molecule has 0 bridgehead atoms. The molecule has 2 heterocycles. The number of carbonyl (C=O) groups excluding carboxylic acids is 3. The van der Waals surface area contributed by atoms with Crippen LogP contribution in [-0.2, 0) is 27.1 Å². The van der Waals surface area contributed by atoms with Gasteiger partial charge in [-0.1, -0.05) is 0 Å². The van der Waals surface area contributed by atoms with Crippen LogP contribution in [0.1, 0.15) is 55.8 Å². The molecule has 0 spiro atoms.